The van der Waals surface area contributed by atoms with Crippen LogP contribution >= 0.6 is 8.51 Å². The molecule has 7 nitrogen and oxygen atoms in total. The van der Waals surface area contributed by atoms with Gasteiger partial charge in [-0.3, -0.25) is 0 Å². The normalized spacial score (nSPS) is 11.1. The van der Waals surface area contributed by atoms with Crippen molar-refractivity contribution < 1.29 is 62.1 Å². The molecule has 59 heavy (non-hydrogen) atoms. The molecule has 7 aromatic rings. The van der Waals surface area contributed by atoms with E-state index in [0.717, 1.165) is 38.9 Å². The van der Waals surface area contributed by atoms with E-state index in [1.54, 1.807) is 0 Å². The van der Waals surface area contributed by atoms with Crippen molar-refractivity contribution in [3.05, 3.63) is 209 Å². The van der Waals surface area contributed by atoms with Crippen LogP contribution in [0, 0.1) is 48.5 Å². The molecule has 0 unspecified atom stereocenters. The maximum atomic E-state index is 6.90. The Hall–Kier alpha value is -4.80. The van der Waals surface area contributed by atoms with Crippen LogP contribution in [0.1, 0.15) is 38.9 Å². The molecule has 0 spiro atoms. The van der Waals surface area contributed by atoms with Crippen molar-refractivity contribution in [1.29, 1.82) is 0 Å². The van der Waals surface area contributed by atoms with Gasteiger partial charge in [-0.25, -0.2) is 0 Å². The van der Waals surface area contributed by atoms with E-state index in [9.17, 15) is 0 Å². The molecule has 0 atom stereocenters. The first-order valence-corrected chi connectivity index (χ1v) is 29.5. The first kappa shape index (κ1) is 43.8. The molecule has 0 N–H and O–H groups in total. The fourth-order valence-electron chi connectivity index (χ4n) is 5.82. The van der Waals surface area contributed by atoms with Crippen LogP contribution in [0.25, 0.3) is 0 Å². The van der Waals surface area contributed by atoms with Gasteiger partial charge >= 0.3 is 368 Å². The molecule has 0 saturated carbocycles. The van der Waals surface area contributed by atoms with Gasteiger partial charge in [0.05, 0.1) is 0 Å². The van der Waals surface area contributed by atoms with E-state index in [2.05, 4.69) is 0 Å². The van der Waals surface area contributed by atoms with E-state index in [1.165, 1.54) is 0 Å². The number of hydrogen-bond acceptors (Lipinski definition) is 7. The molecule has 302 valence electrons. The third-order valence-electron chi connectivity index (χ3n) is 9.29. The molecule has 7 rings (SSSR count). The van der Waals surface area contributed by atoms with Crippen LogP contribution in [0.15, 0.2) is 170 Å². The van der Waals surface area contributed by atoms with Gasteiger partial charge in [0.2, 0.25) is 0 Å². The molecule has 0 aliphatic heterocycles. The summed E-state index contributed by atoms with van der Waals surface area (Å²) in [6.07, 6.45) is 0. The van der Waals surface area contributed by atoms with Crippen LogP contribution in [-0.4, -0.2) is 0 Å². The van der Waals surface area contributed by atoms with Gasteiger partial charge in [0.15, 0.2) is 0 Å². The Morgan fingerprint density at radius 3 is 0.576 bits per heavy atom. The van der Waals surface area contributed by atoms with Gasteiger partial charge in [-0.2, -0.15) is 0 Å². The second kappa shape index (κ2) is 20.4. The van der Waals surface area contributed by atoms with E-state index >= 15 is 0 Å². The monoisotopic (exact) mass is 964 g/mol. The Morgan fingerprint density at radius 2 is 0.407 bits per heavy atom. The fraction of sp³-hybridized carbons (Fsp3) is 0.143. The van der Waals surface area contributed by atoms with Gasteiger partial charge < -0.3 is 0 Å². The summed E-state index contributed by atoms with van der Waals surface area (Å²) >= 11 is -9.38. The Kier molecular flexibility index (Phi) is 15.2. The van der Waals surface area contributed by atoms with Gasteiger partial charge in [-0.05, 0) is 0 Å². The molecule has 0 radical (unpaired) electrons. The van der Waals surface area contributed by atoms with E-state index in [-0.39, 0.29) is 0 Å². The Balaban J connectivity index is 0.000000204. The maximum absolute atomic E-state index is 6.90. The molecule has 0 aliphatic rings. The molecule has 0 fully saturated rings. The first-order chi connectivity index (χ1) is 28.4. The number of para-hydroxylation sites is 7. The molecule has 7 aromatic carbocycles. The number of rotatable bonds is 14. The number of aryl methyl sites for hydroxylation is 7. The topological polar surface area (TPSA) is 64.6 Å². The summed E-state index contributed by atoms with van der Waals surface area (Å²) in [6.45, 7) is 13.9. The second-order valence-corrected chi connectivity index (χ2v) is 25.1. The molecule has 0 saturated heterocycles. The van der Waals surface area contributed by atoms with Gasteiger partial charge in [-0.15, -0.1) is 0 Å². The number of benzene rings is 7. The van der Waals surface area contributed by atoms with Crippen LogP contribution < -0.4 is 19.7 Å². The summed E-state index contributed by atoms with van der Waals surface area (Å²) in [5.74, 6) is 4.78. The van der Waals surface area contributed by atoms with Gasteiger partial charge in [0.1, 0.15) is 0 Å². The van der Waals surface area contributed by atoms with Crippen LogP contribution in [0.2, 0.25) is 0 Å². The molecular formula is C49H49ClO7Zr2. The van der Waals surface area contributed by atoms with Gasteiger partial charge in [0.25, 0.3) is 0 Å². The van der Waals surface area contributed by atoms with E-state index in [0.29, 0.717) is 40.2 Å². The van der Waals surface area contributed by atoms with E-state index in [1.807, 2.05) is 218 Å². The van der Waals surface area contributed by atoms with Crippen molar-refractivity contribution in [2.75, 3.05) is 0 Å². The standard InChI is InChI=1S/7C7H8O.ClH.2Zr/c7*1-6-4-2-3-5-7(6)8;;;/h7*2-5,8H,1H3;1H;;/q;;;;;;;;2*+4/p-8. The summed E-state index contributed by atoms with van der Waals surface area (Å²) < 4.78 is 45.2. The Bertz CT molecular complexity index is 2160. The van der Waals surface area contributed by atoms with Crippen molar-refractivity contribution in [3.8, 4) is 40.2 Å². The van der Waals surface area contributed by atoms with Crippen molar-refractivity contribution in [2.24, 2.45) is 0 Å². The van der Waals surface area contributed by atoms with Crippen LogP contribution in [0.4, 0.5) is 0 Å². The van der Waals surface area contributed by atoms with Crippen molar-refractivity contribution >= 4 is 8.51 Å². The van der Waals surface area contributed by atoms with Crippen molar-refractivity contribution in [2.45, 2.75) is 48.5 Å². The van der Waals surface area contributed by atoms with Crippen molar-refractivity contribution in [1.82, 2.24) is 0 Å². The predicted octanol–water partition coefficient (Wildman–Crippen LogP) is 13.6. The average Bonchev–Trinajstić information content (AvgIpc) is 3.21. The van der Waals surface area contributed by atoms with Crippen LogP contribution in [-0.2, 0) is 42.4 Å². The molecule has 0 heterocycles. The zero-order valence-electron chi connectivity index (χ0n) is 34.4. The zero-order chi connectivity index (χ0) is 41.8. The summed E-state index contributed by atoms with van der Waals surface area (Å²) in [6, 6.07) is 54.5. The minimum atomic E-state index is -4.89. The summed E-state index contributed by atoms with van der Waals surface area (Å²) in [5.41, 5.74) is 6.87. The summed E-state index contributed by atoms with van der Waals surface area (Å²) in [5, 5.41) is 0. The van der Waals surface area contributed by atoms with Crippen LogP contribution in [0.5, 0.6) is 40.2 Å². The summed E-state index contributed by atoms with van der Waals surface area (Å²) in [4.78, 5) is 0. The van der Waals surface area contributed by atoms with Crippen molar-refractivity contribution in [3.63, 3.8) is 0 Å². The van der Waals surface area contributed by atoms with Crippen LogP contribution in [0.3, 0.4) is 0 Å². The SMILES string of the molecule is Cc1ccccc1[O][Zr]([Cl])([O]c1ccccc1C)[O]c1ccccc1C.Cc1ccccc1[O][Zr]([O]c1ccccc1C)([O]c1ccccc1C)[O]c1ccccc1C. The average molecular weight is 968 g/mol. The predicted molar refractivity (Wildman–Crippen MR) is 229 cm³/mol. The fourth-order valence-corrected chi connectivity index (χ4v) is 16.7. The van der Waals surface area contributed by atoms with E-state index < -0.39 is 42.4 Å². The molecule has 0 aliphatic carbocycles. The second-order valence-electron chi connectivity index (χ2n) is 14.1. The zero-order valence-corrected chi connectivity index (χ0v) is 40.1. The van der Waals surface area contributed by atoms with Gasteiger partial charge in [-0.1, -0.05) is 0 Å². The van der Waals surface area contributed by atoms with Gasteiger partial charge in [0, 0.05) is 0 Å². The molecule has 10 heteroatoms. The number of halogens is 1. The first-order valence-electron chi connectivity index (χ1n) is 19.3. The molecule has 0 aromatic heterocycles. The number of hydrogen-bond donors (Lipinski definition) is 0. The third kappa shape index (κ3) is 12.1. The Labute approximate surface area is 365 Å². The van der Waals surface area contributed by atoms with E-state index in [4.69, 9.17) is 28.2 Å². The minimum absolute atomic E-state index is 0.681. The quantitative estimate of drug-likeness (QED) is 0.108. The third-order valence-corrected chi connectivity index (χ3v) is 18.7. The summed E-state index contributed by atoms with van der Waals surface area (Å²) in [7, 11) is 6.90. The molecule has 0 amide bonds. The molecular weight excluding hydrogens is 918 g/mol. The molecule has 0 bridgehead atoms. The Morgan fingerprint density at radius 1 is 0.254 bits per heavy atom.